The van der Waals surface area contributed by atoms with E-state index in [0.29, 0.717) is 11.5 Å². The van der Waals surface area contributed by atoms with E-state index in [1.54, 1.807) is 12.1 Å². The van der Waals surface area contributed by atoms with Crippen LogP contribution in [0.4, 0.5) is 17.3 Å². The molecule has 3 N–H and O–H groups in total. The van der Waals surface area contributed by atoms with Gasteiger partial charge in [-0.25, -0.2) is 9.97 Å². The summed E-state index contributed by atoms with van der Waals surface area (Å²) in [6.07, 6.45) is 0. The van der Waals surface area contributed by atoms with E-state index in [0.717, 1.165) is 51.2 Å². The van der Waals surface area contributed by atoms with Crippen molar-refractivity contribution in [1.29, 1.82) is 0 Å². The molecule has 1 amide bonds. The summed E-state index contributed by atoms with van der Waals surface area (Å²) in [5.74, 6) is 0.348. The van der Waals surface area contributed by atoms with Crippen molar-refractivity contribution in [3.63, 3.8) is 0 Å². The number of carbonyl (C=O) groups excluding carboxylic acids is 1. The molecule has 0 bridgehead atoms. The zero-order chi connectivity index (χ0) is 24.9. The number of nitrogens with zero attached hydrogens (tertiary/aromatic N) is 2. The van der Waals surface area contributed by atoms with Gasteiger partial charge in [-0.1, -0.05) is 60.7 Å². The first-order valence-electron chi connectivity index (χ1n) is 11.9. The Morgan fingerprint density at radius 2 is 1.58 bits per heavy atom. The van der Waals surface area contributed by atoms with Crippen molar-refractivity contribution >= 4 is 34.1 Å². The third-order valence-corrected chi connectivity index (χ3v) is 5.98. The first-order valence-corrected chi connectivity index (χ1v) is 11.9. The highest BCUT2D eigenvalue weighted by Gasteiger charge is 2.11. The van der Waals surface area contributed by atoms with Crippen LogP contribution in [0.3, 0.4) is 0 Å². The predicted octanol–water partition coefficient (Wildman–Crippen LogP) is 6.32. The molecular weight excluding hydrogens is 446 g/mol. The molecule has 0 aliphatic carbocycles. The van der Waals surface area contributed by atoms with Gasteiger partial charge in [-0.15, -0.1) is 0 Å². The van der Waals surface area contributed by atoms with E-state index in [4.69, 9.17) is 9.97 Å². The standard InChI is InChI=1S/C30H27N5O/c1-20-12-13-21(19-31-2)18-27(20)33-29(36)23-14-16-24(17-15-23)32-30-34-26-11-7-6-10-25(26)28(35-30)22-8-4-3-5-9-22/h3-18,31H,19H2,1-2H3,(H,33,36)(H,32,34,35). The van der Waals surface area contributed by atoms with E-state index in [1.807, 2.05) is 92.8 Å². The van der Waals surface area contributed by atoms with Crippen LogP contribution in [-0.4, -0.2) is 22.9 Å². The maximum Gasteiger partial charge on any atom is 0.255 e. The highest BCUT2D eigenvalue weighted by Crippen LogP contribution is 2.28. The Bertz CT molecular complexity index is 1510. The highest BCUT2D eigenvalue weighted by atomic mass is 16.1. The second-order valence-electron chi connectivity index (χ2n) is 8.62. The summed E-state index contributed by atoms with van der Waals surface area (Å²) in [5, 5.41) is 10.5. The molecule has 5 aromatic rings. The lowest BCUT2D eigenvalue weighted by molar-refractivity contribution is 0.102. The largest absolute Gasteiger partial charge is 0.324 e. The molecule has 0 saturated carbocycles. The topological polar surface area (TPSA) is 78.9 Å². The van der Waals surface area contributed by atoms with Crippen molar-refractivity contribution in [2.24, 2.45) is 0 Å². The molecule has 178 valence electrons. The van der Waals surface area contributed by atoms with Crippen LogP contribution in [0.25, 0.3) is 22.2 Å². The maximum absolute atomic E-state index is 12.9. The summed E-state index contributed by atoms with van der Waals surface area (Å²) in [7, 11) is 1.90. The van der Waals surface area contributed by atoms with Crippen molar-refractivity contribution in [3.8, 4) is 11.3 Å². The molecule has 0 aliphatic heterocycles. The zero-order valence-corrected chi connectivity index (χ0v) is 20.2. The molecular formula is C30H27N5O. The number of hydrogen-bond donors (Lipinski definition) is 3. The molecule has 1 aromatic heterocycles. The molecule has 4 aromatic carbocycles. The molecule has 0 radical (unpaired) electrons. The lowest BCUT2D eigenvalue weighted by atomic mass is 10.1. The van der Waals surface area contributed by atoms with Crippen molar-refractivity contribution in [2.75, 3.05) is 17.7 Å². The van der Waals surface area contributed by atoms with E-state index in [-0.39, 0.29) is 5.91 Å². The van der Waals surface area contributed by atoms with Gasteiger partial charge in [0, 0.05) is 34.4 Å². The van der Waals surface area contributed by atoms with Crippen molar-refractivity contribution in [1.82, 2.24) is 15.3 Å². The molecule has 0 unspecified atom stereocenters. The van der Waals surface area contributed by atoms with E-state index in [9.17, 15) is 4.79 Å². The summed E-state index contributed by atoms with van der Waals surface area (Å²) < 4.78 is 0. The highest BCUT2D eigenvalue weighted by molar-refractivity contribution is 6.05. The van der Waals surface area contributed by atoms with Gasteiger partial charge in [0.05, 0.1) is 11.2 Å². The van der Waals surface area contributed by atoms with Crippen LogP contribution in [0.2, 0.25) is 0 Å². The van der Waals surface area contributed by atoms with Crippen LogP contribution in [0.5, 0.6) is 0 Å². The molecule has 0 aliphatic rings. The van der Waals surface area contributed by atoms with Crippen LogP contribution >= 0.6 is 0 Å². The molecule has 5 rings (SSSR count). The zero-order valence-electron chi connectivity index (χ0n) is 20.2. The number of rotatable bonds is 7. The Morgan fingerprint density at radius 3 is 2.36 bits per heavy atom. The van der Waals surface area contributed by atoms with Crippen LogP contribution in [0, 0.1) is 6.92 Å². The molecule has 6 nitrogen and oxygen atoms in total. The minimum absolute atomic E-state index is 0.153. The molecule has 0 spiro atoms. The minimum Gasteiger partial charge on any atom is -0.324 e. The molecule has 0 fully saturated rings. The van der Waals surface area contributed by atoms with E-state index in [2.05, 4.69) is 22.0 Å². The normalized spacial score (nSPS) is 10.8. The third kappa shape index (κ3) is 5.09. The lowest BCUT2D eigenvalue weighted by Crippen LogP contribution is -2.13. The Kier molecular flexibility index (Phi) is 6.69. The smallest absolute Gasteiger partial charge is 0.255 e. The van der Waals surface area contributed by atoms with E-state index in [1.165, 1.54) is 0 Å². The summed E-state index contributed by atoms with van der Waals surface area (Å²) in [5.41, 5.74) is 7.08. The molecule has 0 saturated heterocycles. The number of para-hydroxylation sites is 1. The quantitative estimate of drug-likeness (QED) is 0.258. The van der Waals surface area contributed by atoms with Gasteiger partial charge in [-0.05, 0) is 61.5 Å². The Hall–Kier alpha value is -4.55. The molecule has 6 heteroatoms. The van der Waals surface area contributed by atoms with E-state index < -0.39 is 0 Å². The lowest BCUT2D eigenvalue weighted by Gasteiger charge is -2.12. The average Bonchev–Trinajstić information content (AvgIpc) is 2.91. The van der Waals surface area contributed by atoms with Gasteiger partial charge in [0.25, 0.3) is 5.91 Å². The summed E-state index contributed by atoms with van der Waals surface area (Å²) in [4.78, 5) is 22.4. The monoisotopic (exact) mass is 473 g/mol. The average molecular weight is 474 g/mol. The molecule has 1 heterocycles. The fourth-order valence-electron chi connectivity index (χ4n) is 4.10. The van der Waals surface area contributed by atoms with Gasteiger partial charge in [-0.3, -0.25) is 4.79 Å². The van der Waals surface area contributed by atoms with Crippen LogP contribution in [0.1, 0.15) is 21.5 Å². The minimum atomic E-state index is -0.153. The SMILES string of the molecule is CNCc1ccc(C)c(NC(=O)c2ccc(Nc3nc(-c4ccccc4)c4ccccc4n3)cc2)c1. The van der Waals surface area contributed by atoms with Gasteiger partial charge >= 0.3 is 0 Å². The number of fused-ring (bicyclic) bond motifs is 1. The van der Waals surface area contributed by atoms with Gasteiger partial charge in [-0.2, -0.15) is 0 Å². The summed E-state index contributed by atoms with van der Waals surface area (Å²) >= 11 is 0. The number of benzene rings is 4. The Morgan fingerprint density at radius 1 is 0.833 bits per heavy atom. The van der Waals surface area contributed by atoms with Crippen LogP contribution < -0.4 is 16.0 Å². The van der Waals surface area contributed by atoms with Crippen molar-refractivity contribution in [3.05, 3.63) is 114 Å². The number of aromatic nitrogens is 2. The number of amides is 1. The van der Waals surface area contributed by atoms with Gasteiger partial charge < -0.3 is 16.0 Å². The van der Waals surface area contributed by atoms with Crippen molar-refractivity contribution < 1.29 is 4.79 Å². The van der Waals surface area contributed by atoms with Crippen molar-refractivity contribution in [2.45, 2.75) is 13.5 Å². The Labute approximate surface area is 210 Å². The first-order chi connectivity index (χ1) is 17.6. The fraction of sp³-hybridized carbons (Fsp3) is 0.100. The van der Waals surface area contributed by atoms with Gasteiger partial charge in [0.15, 0.2) is 0 Å². The predicted molar refractivity (Wildman–Crippen MR) is 147 cm³/mol. The van der Waals surface area contributed by atoms with Gasteiger partial charge in [0.1, 0.15) is 0 Å². The summed E-state index contributed by atoms with van der Waals surface area (Å²) in [6, 6.07) is 31.4. The number of anilines is 3. The number of aryl methyl sites for hydroxylation is 1. The number of hydrogen-bond acceptors (Lipinski definition) is 5. The fourth-order valence-corrected chi connectivity index (χ4v) is 4.10. The Balaban J connectivity index is 1.36. The van der Waals surface area contributed by atoms with E-state index >= 15 is 0 Å². The second-order valence-corrected chi connectivity index (χ2v) is 8.62. The molecule has 36 heavy (non-hydrogen) atoms. The number of carbonyl (C=O) groups is 1. The first kappa shape index (κ1) is 23.2. The second kappa shape index (κ2) is 10.4. The molecule has 0 atom stereocenters. The van der Waals surface area contributed by atoms with Crippen LogP contribution in [-0.2, 0) is 6.54 Å². The number of nitrogens with one attached hydrogen (secondary N) is 3. The van der Waals surface area contributed by atoms with Crippen LogP contribution in [0.15, 0.2) is 97.1 Å². The van der Waals surface area contributed by atoms with Gasteiger partial charge in [0.2, 0.25) is 5.95 Å². The third-order valence-electron chi connectivity index (χ3n) is 5.98. The summed E-state index contributed by atoms with van der Waals surface area (Å²) in [6.45, 7) is 2.73. The maximum atomic E-state index is 12.9.